The van der Waals surface area contributed by atoms with Gasteiger partial charge in [-0.05, 0) is 30.7 Å². The number of aromatic nitrogens is 2. The minimum absolute atomic E-state index is 0.308. The summed E-state index contributed by atoms with van der Waals surface area (Å²) in [6.07, 6.45) is 3.60. The number of hydrogen-bond donors (Lipinski definition) is 0. The molecule has 0 saturated carbocycles. The maximum atomic E-state index is 12.0. The lowest BCUT2D eigenvalue weighted by Gasteiger charge is -2.19. The van der Waals surface area contributed by atoms with Crippen molar-refractivity contribution in [1.29, 1.82) is 0 Å². The van der Waals surface area contributed by atoms with E-state index in [1.165, 1.54) is 7.11 Å². The molecule has 1 heterocycles. The summed E-state index contributed by atoms with van der Waals surface area (Å²) >= 11 is 0. The van der Waals surface area contributed by atoms with Gasteiger partial charge in [0.25, 0.3) is 0 Å². The molecule has 0 aliphatic rings. The number of hydrogen-bond acceptors (Lipinski definition) is 4. The number of ether oxygens (including phenoxy) is 2. The molecule has 0 N–H and O–H groups in total. The highest BCUT2D eigenvalue weighted by Gasteiger charge is 2.23. The highest BCUT2D eigenvalue weighted by atomic mass is 16.5. The molecule has 3 aromatic rings. The summed E-state index contributed by atoms with van der Waals surface area (Å²) in [5.41, 5.74) is 3.66. The van der Waals surface area contributed by atoms with Gasteiger partial charge in [-0.25, -0.2) is 4.68 Å². The molecule has 0 fully saturated rings. The van der Waals surface area contributed by atoms with E-state index in [9.17, 15) is 4.79 Å². The number of methoxy groups -OCH3 is 2. The number of rotatable bonds is 5. The third-order valence-electron chi connectivity index (χ3n) is 4.21. The lowest BCUT2D eigenvalue weighted by molar-refractivity contribution is -0.142. The van der Waals surface area contributed by atoms with Crippen molar-refractivity contribution in [2.45, 2.75) is 12.8 Å². The first-order chi connectivity index (χ1) is 12.2. The van der Waals surface area contributed by atoms with Gasteiger partial charge in [-0.3, -0.25) is 4.79 Å². The van der Waals surface area contributed by atoms with E-state index in [2.05, 4.69) is 5.10 Å². The molecule has 1 unspecified atom stereocenters. The molecule has 3 rings (SSSR count). The number of carbonyl (C=O) groups excluding carboxylic acids is 1. The summed E-state index contributed by atoms with van der Waals surface area (Å²) in [6.45, 7) is 1.80. The lowest BCUT2D eigenvalue weighted by Crippen LogP contribution is -2.13. The van der Waals surface area contributed by atoms with Gasteiger partial charge in [0.05, 0.1) is 25.8 Å². The van der Waals surface area contributed by atoms with E-state index >= 15 is 0 Å². The second-order valence-corrected chi connectivity index (χ2v) is 5.67. The van der Waals surface area contributed by atoms with Gasteiger partial charge in [0.1, 0.15) is 5.75 Å². The van der Waals surface area contributed by atoms with Gasteiger partial charge in [-0.1, -0.05) is 30.3 Å². The lowest BCUT2D eigenvalue weighted by atomic mass is 9.94. The molecular weight excluding hydrogens is 316 g/mol. The largest absolute Gasteiger partial charge is 0.496 e. The first-order valence-electron chi connectivity index (χ1n) is 8.01. The van der Waals surface area contributed by atoms with Crippen molar-refractivity contribution in [3.05, 3.63) is 66.5 Å². The monoisotopic (exact) mass is 336 g/mol. The van der Waals surface area contributed by atoms with E-state index in [4.69, 9.17) is 9.47 Å². The Hall–Kier alpha value is -3.08. The van der Waals surface area contributed by atoms with Crippen molar-refractivity contribution in [3.63, 3.8) is 0 Å². The standard InChI is InChI=1S/C20H20N2O3/c1-14(20(23)25-3)16-12-18(22-11-7-10-21-22)17(13-19(16)24-2)15-8-5-4-6-9-15/h4-14H,1-3H3. The normalized spacial score (nSPS) is 11.8. The quantitative estimate of drug-likeness (QED) is 0.665. The van der Waals surface area contributed by atoms with Crippen LogP contribution in [0.3, 0.4) is 0 Å². The third kappa shape index (κ3) is 3.26. The zero-order valence-electron chi connectivity index (χ0n) is 14.5. The van der Waals surface area contributed by atoms with E-state index in [-0.39, 0.29) is 5.97 Å². The van der Waals surface area contributed by atoms with Crippen molar-refractivity contribution in [1.82, 2.24) is 9.78 Å². The Labute approximate surface area is 146 Å². The molecule has 0 saturated heterocycles. The molecule has 0 bridgehead atoms. The Morgan fingerprint density at radius 3 is 2.48 bits per heavy atom. The molecule has 25 heavy (non-hydrogen) atoms. The molecule has 0 radical (unpaired) electrons. The predicted octanol–water partition coefficient (Wildman–Crippen LogP) is 3.82. The average molecular weight is 336 g/mol. The Morgan fingerprint density at radius 1 is 1.12 bits per heavy atom. The highest BCUT2D eigenvalue weighted by Crippen LogP contribution is 2.36. The molecule has 1 aromatic heterocycles. The molecule has 0 spiro atoms. The third-order valence-corrected chi connectivity index (χ3v) is 4.21. The van der Waals surface area contributed by atoms with Gasteiger partial charge in [-0.2, -0.15) is 5.10 Å². The van der Waals surface area contributed by atoms with Crippen LogP contribution in [0.4, 0.5) is 0 Å². The van der Waals surface area contributed by atoms with E-state index in [0.29, 0.717) is 5.75 Å². The Kier molecular flexibility index (Phi) is 4.84. The summed E-state index contributed by atoms with van der Waals surface area (Å²) in [7, 11) is 2.99. The number of esters is 1. The van der Waals surface area contributed by atoms with Crippen molar-refractivity contribution in [2.24, 2.45) is 0 Å². The topological polar surface area (TPSA) is 53.4 Å². The van der Waals surface area contributed by atoms with Crippen LogP contribution in [0, 0.1) is 0 Å². The van der Waals surface area contributed by atoms with E-state index in [1.54, 1.807) is 24.9 Å². The minimum atomic E-state index is -0.445. The molecule has 5 heteroatoms. The summed E-state index contributed by atoms with van der Waals surface area (Å²) in [5.74, 6) is -0.107. The second kappa shape index (κ2) is 7.21. The predicted molar refractivity (Wildman–Crippen MR) is 96.0 cm³/mol. The van der Waals surface area contributed by atoms with Crippen LogP contribution in [0.5, 0.6) is 5.75 Å². The van der Waals surface area contributed by atoms with Crippen molar-refractivity contribution >= 4 is 5.97 Å². The summed E-state index contributed by atoms with van der Waals surface area (Å²) in [6, 6.07) is 15.8. The first-order valence-corrected chi connectivity index (χ1v) is 8.01. The van der Waals surface area contributed by atoms with Crippen LogP contribution in [0.15, 0.2) is 60.9 Å². The maximum absolute atomic E-state index is 12.0. The van der Waals surface area contributed by atoms with Crippen LogP contribution < -0.4 is 4.74 Å². The van der Waals surface area contributed by atoms with Crippen molar-refractivity contribution in [2.75, 3.05) is 14.2 Å². The molecule has 0 aliphatic carbocycles. The van der Waals surface area contributed by atoms with Crippen LogP contribution in [-0.2, 0) is 9.53 Å². The summed E-state index contributed by atoms with van der Waals surface area (Å²) in [5, 5.41) is 4.35. The van der Waals surface area contributed by atoms with E-state index in [1.807, 2.05) is 54.7 Å². The fourth-order valence-electron chi connectivity index (χ4n) is 2.85. The summed E-state index contributed by atoms with van der Waals surface area (Å²) in [4.78, 5) is 12.0. The van der Waals surface area contributed by atoms with Crippen LogP contribution >= 0.6 is 0 Å². The van der Waals surface area contributed by atoms with Crippen LogP contribution in [0.2, 0.25) is 0 Å². The Balaban J connectivity index is 2.24. The van der Waals surface area contributed by atoms with Gasteiger partial charge < -0.3 is 9.47 Å². The van der Waals surface area contributed by atoms with Crippen LogP contribution in [0.1, 0.15) is 18.4 Å². The zero-order chi connectivity index (χ0) is 17.8. The number of carbonyl (C=O) groups is 1. The van der Waals surface area contributed by atoms with E-state index < -0.39 is 5.92 Å². The molecule has 2 aromatic carbocycles. The van der Waals surface area contributed by atoms with Crippen LogP contribution in [0.25, 0.3) is 16.8 Å². The fourth-order valence-corrected chi connectivity index (χ4v) is 2.85. The average Bonchev–Trinajstić information content (AvgIpc) is 3.21. The van der Waals surface area contributed by atoms with Crippen LogP contribution in [-0.4, -0.2) is 30.0 Å². The fraction of sp³-hybridized carbons (Fsp3) is 0.200. The number of nitrogens with zero attached hydrogens (tertiary/aromatic N) is 2. The number of benzene rings is 2. The molecule has 0 amide bonds. The maximum Gasteiger partial charge on any atom is 0.312 e. The molecule has 1 atom stereocenters. The van der Waals surface area contributed by atoms with Gasteiger partial charge >= 0.3 is 5.97 Å². The van der Waals surface area contributed by atoms with Crippen molar-refractivity contribution in [3.8, 4) is 22.6 Å². The van der Waals surface area contributed by atoms with Gasteiger partial charge in [-0.15, -0.1) is 0 Å². The first kappa shape index (κ1) is 16.8. The SMILES string of the molecule is COC(=O)C(C)c1cc(-n2cccn2)c(-c2ccccc2)cc1OC. The zero-order valence-corrected chi connectivity index (χ0v) is 14.5. The Morgan fingerprint density at radius 2 is 1.88 bits per heavy atom. The van der Waals surface area contributed by atoms with Gasteiger partial charge in [0, 0.05) is 23.5 Å². The van der Waals surface area contributed by atoms with Gasteiger partial charge in [0.2, 0.25) is 0 Å². The van der Waals surface area contributed by atoms with Crippen molar-refractivity contribution < 1.29 is 14.3 Å². The highest BCUT2D eigenvalue weighted by molar-refractivity contribution is 5.82. The molecular formula is C20H20N2O3. The second-order valence-electron chi connectivity index (χ2n) is 5.67. The molecule has 0 aliphatic heterocycles. The summed E-state index contributed by atoms with van der Waals surface area (Å²) < 4.78 is 12.2. The van der Waals surface area contributed by atoms with E-state index in [0.717, 1.165) is 22.4 Å². The minimum Gasteiger partial charge on any atom is -0.496 e. The molecule has 128 valence electrons. The smallest absolute Gasteiger partial charge is 0.312 e. The molecule has 5 nitrogen and oxygen atoms in total. The van der Waals surface area contributed by atoms with Gasteiger partial charge in [0.15, 0.2) is 0 Å². The Bertz CT molecular complexity index is 858.